The predicted molar refractivity (Wildman–Crippen MR) is 108 cm³/mol. The van der Waals surface area contributed by atoms with Gasteiger partial charge in [0.2, 0.25) is 0 Å². The molecule has 1 amide bonds. The van der Waals surface area contributed by atoms with Gasteiger partial charge in [0.05, 0.1) is 19.9 Å². The van der Waals surface area contributed by atoms with Crippen LogP contribution >= 0.6 is 22.7 Å². The molecule has 0 aliphatic carbocycles. The Labute approximate surface area is 158 Å². The number of benzene rings is 2. The molecule has 0 aliphatic heterocycles. The number of fused-ring (bicyclic) bond motifs is 3. The van der Waals surface area contributed by atoms with Crippen LogP contribution in [0.15, 0.2) is 36.4 Å². The Morgan fingerprint density at radius 1 is 1.08 bits per heavy atom. The number of carbonyl (C=O) groups is 1. The highest BCUT2D eigenvalue weighted by Gasteiger charge is 2.18. The van der Waals surface area contributed by atoms with Gasteiger partial charge in [0.15, 0.2) is 11.7 Å². The topological polar surface area (TPSA) is 55.3 Å². The Bertz CT molecular complexity index is 1100. The summed E-state index contributed by atoms with van der Waals surface area (Å²) in [6, 6.07) is 11.7. The van der Waals surface area contributed by atoms with Gasteiger partial charge in [-0.15, -0.1) is 11.3 Å². The lowest BCUT2D eigenvalue weighted by Crippen LogP contribution is -2.31. The Kier molecular flexibility index (Phi) is 4.34. The smallest absolute Gasteiger partial charge is 0.266 e. The summed E-state index contributed by atoms with van der Waals surface area (Å²) in [5.74, 6) is 0.539. The van der Waals surface area contributed by atoms with Gasteiger partial charge in [-0.05, 0) is 38.1 Å². The first-order valence-corrected chi connectivity index (χ1v) is 9.77. The molecule has 0 radical (unpaired) electrons. The predicted octanol–water partition coefficient (Wildman–Crippen LogP) is 4.56. The summed E-state index contributed by atoms with van der Waals surface area (Å²) in [6.07, 6.45) is 0. The molecule has 0 saturated heterocycles. The zero-order chi connectivity index (χ0) is 18.3. The van der Waals surface area contributed by atoms with E-state index in [9.17, 15) is 4.79 Å². The molecule has 0 atom stereocenters. The molecular formula is C19H17N3O2S2. The van der Waals surface area contributed by atoms with Crippen molar-refractivity contribution in [2.45, 2.75) is 13.8 Å². The first-order chi connectivity index (χ1) is 12.5. The maximum Gasteiger partial charge on any atom is 0.266 e. The lowest BCUT2D eigenvalue weighted by Gasteiger charge is -2.14. The maximum absolute atomic E-state index is 12.5. The molecule has 0 saturated carbocycles. The molecule has 4 rings (SSSR count). The van der Waals surface area contributed by atoms with E-state index >= 15 is 0 Å². The normalized spacial score (nSPS) is 11.2. The summed E-state index contributed by atoms with van der Waals surface area (Å²) in [5.41, 5.74) is 2.98. The van der Waals surface area contributed by atoms with Crippen molar-refractivity contribution < 1.29 is 9.53 Å². The standard InChI is InChI=1S/C19H17N3O2S2/c1-11-4-6-13(7-5-11)24-10-16(23)22(3)19-21-14-8-9-15-17(18(14)26-19)20-12(2)25-15/h4-9H,10H2,1-3H3. The number of aryl methyl sites for hydroxylation is 2. The van der Waals surface area contributed by atoms with Crippen molar-refractivity contribution >= 4 is 54.1 Å². The summed E-state index contributed by atoms with van der Waals surface area (Å²) in [6.45, 7) is 3.98. The van der Waals surface area contributed by atoms with Gasteiger partial charge in [-0.25, -0.2) is 9.97 Å². The third kappa shape index (κ3) is 3.15. The molecule has 0 unspecified atom stereocenters. The average molecular weight is 383 g/mol. The van der Waals surface area contributed by atoms with Crippen molar-refractivity contribution in [1.82, 2.24) is 9.97 Å². The number of hydrogen-bond donors (Lipinski definition) is 0. The third-order valence-corrected chi connectivity index (χ3v) is 6.14. The highest BCUT2D eigenvalue weighted by Crippen LogP contribution is 2.35. The second-order valence-corrected chi connectivity index (χ2v) is 8.26. The molecule has 2 aromatic carbocycles. The average Bonchev–Trinajstić information content (AvgIpc) is 3.22. The fraction of sp³-hybridized carbons (Fsp3) is 0.211. The van der Waals surface area contributed by atoms with Gasteiger partial charge in [0.25, 0.3) is 5.91 Å². The number of amides is 1. The number of thiazole rings is 2. The van der Waals surface area contributed by atoms with Crippen molar-refractivity contribution in [2.24, 2.45) is 0 Å². The molecule has 26 heavy (non-hydrogen) atoms. The van der Waals surface area contributed by atoms with E-state index in [1.807, 2.05) is 50.2 Å². The fourth-order valence-electron chi connectivity index (χ4n) is 2.60. The largest absolute Gasteiger partial charge is 0.484 e. The van der Waals surface area contributed by atoms with Crippen LogP contribution in [0.1, 0.15) is 10.6 Å². The minimum atomic E-state index is -0.143. The van der Waals surface area contributed by atoms with E-state index in [1.54, 1.807) is 23.3 Å². The lowest BCUT2D eigenvalue weighted by atomic mass is 10.2. The van der Waals surface area contributed by atoms with Crippen molar-refractivity contribution in [2.75, 3.05) is 18.6 Å². The van der Waals surface area contributed by atoms with Crippen molar-refractivity contribution in [3.05, 3.63) is 47.0 Å². The molecule has 5 nitrogen and oxygen atoms in total. The van der Waals surface area contributed by atoms with Gasteiger partial charge in [-0.3, -0.25) is 9.69 Å². The first-order valence-electron chi connectivity index (χ1n) is 8.14. The van der Waals surface area contributed by atoms with E-state index in [0.29, 0.717) is 10.9 Å². The highest BCUT2D eigenvalue weighted by atomic mass is 32.1. The summed E-state index contributed by atoms with van der Waals surface area (Å²) in [5, 5.41) is 1.68. The van der Waals surface area contributed by atoms with Gasteiger partial charge in [0, 0.05) is 7.05 Å². The minimum Gasteiger partial charge on any atom is -0.484 e. The maximum atomic E-state index is 12.5. The molecule has 2 aromatic heterocycles. The van der Waals surface area contributed by atoms with Crippen LogP contribution in [0, 0.1) is 13.8 Å². The van der Waals surface area contributed by atoms with Crippen LogP contribution in [0.2, 0.25) is 0 Å². The number of likely N-dealkylation sites (N-methyl/N-ethyl adjacent to an activating group) is 1. The number of ether oxygens (including phenoxy) is 1. The van der Waals surface area contributed by atoms with Gasteiger partial charge in [-0.2, -0.15) is 0 Å². The van der Waals surface area contributed by atoms with Crippen LogP contribution in [-0.4, -0.2) is 29.5 Å². The van der Waals surface area contributed by atoms with E-state index in [2.05, 4.69) is 9.97 Å². The molecule has 2 heterocycles. The van der Waals surface area contributed by atoms with E-state index in [0.717, 1.165) is 31.0 Å². The first kappa shape index (κ1) is 16.9. The molecule has 0 aliphatic rings. The zero-order valence-corrected chi connectivity index (χ0v) is 16.3. The monoisotopic (exact) mass is 383 g/mol. The van der Waals surface area contributed by atoms with Gasteiger partial charge in [0.1, 0.15) is 11.3 Å². The van der Waals surface area contributed by atoms with Crippen LogP contribution in [0.5, 0.6) is 5.75 Å². The van der Waals surface area contributed by atoms with Crippen molar-refractivity contribution in [3.8, 4) is 5.75 Å². The van der Waals surface area contributed by atoms with E-state index < -0.39 is 0 Å². The number of nitrogens with zero attached hydrogens (tertiary/aromatic N) is 3. The number of carbonyl (C=O) groups excluding carboxylic acids is 1. The van der Waals surface area contributed by atoms with Gasteiger partial charge < -0.3 is 4.74 Å². The van der Waals surface area contributed by atoms with E-state index in [-0.39, 0.29) is 12.5 Å². The molecule has 0 bridgehead atoms. The highest BCUT2D eigenvalue weighted by molar-refractivity contribution is 7.24. The van der Waals surface area contributed by atoms with Crippen LogP contribution in [0.4, 0.5) is 5.13 Å². The molecule has 132 valence electrons. The summed E-state index contributed by atoms with van der Waals surface area (Å²) in [7, 11) is 1.72. The quantitative estimate of drug-likeness (QED) is 0.518. The minimum absolute atomic E-state index is 0.0271. The molecule has 4 aromatic rings. The number of hydrogen-bond acceptors (Lipinski definition) is 6. The Morgan fingerprint density at radius 2 is 1.85 bits per heavy atom. The Hall–Kier alpha value is -2.51. The number of rotatable bonds is 4. The Balaban J connectivity index is 1.55. The summed E-state index contributed by atoms with van der Waals surface area (Å²) < 4.78 is 7.74. The molecule has 0 N–H and O–H groups in total. The van der Waals surface area contributed by atoms with Gasteiger partial charge in [-0.1, -0.05) is 29.0 Å². The van der Waals surface area contributed by atoms with Crippen LogP contribution in [0.25, 0.3) is 20.4 Å². The van der Waals surface area contributed by atoms with E-state index in [1.165, 1.54) is 11.3 Å². The number of anilines is 1. The molecule has 0 spiro atoms. The Morgan fingerprint density at radius 3 is 2.62 bits per heavy atom. The van der Waals surface area contributed by atoms with Crippen molar-refractivity contribution in [3.63, 3.8) is 0 Å². The second-order valence-electron chi connectivity index (χ2n) is 6.04. The van der Waals surface area contributed by atoms with Crippen LogP contribution < -0.4 is 9.64 Å². The molecule has 7 heteroatoms. The van der Waals surface area contributed by atoms with Crippen molar-refractivity contribution in [1.29, 1.82) is 0 Å². The fourth-order valence-corrected chi connectivity index (χ4v) is 4.54. The summed E-state index contributed by atoms with van der Waals surface area (Å²) >= 11 is 3.15. The van der Waals surface area contributed by atoms with Gasteiger partial charge >= 0.3 is 0 Å². The molecular weight excluding hydrogens is 366 g/mol. The summed E-state index contributed by atoms with van der Waals surface area (Å²) in [4.78, 5) is 23.2. The van der Waals surface area contributed by atoms with Crippen LogP contribution in [-0.2, 0) is 4.79 Å². The third-order valence-electron chi connectivity index (χ3n) is 4.05. The second kappa shape index (κ2) is 6.66. The van der Waals surface area contributed by atoms with E-state index in [4.69, 9.17) is 4.74 Å². The lowest BCUT2D eigenvalue weighted by molar-refractivity contribution is -0.120. The molecule has 0 fully saturated rings. The SMILES string of the molecule is Cc1ccc(OCC(=O)N(C)c2nc3ccc4sc(C)nc4c3s2)cc1. The number of aromatic nitrogens is 2. The zero-order valence-electron chi connectivity index (χ0n) is 14.6. The van der Waals surface area contributed by atoms with Crippen LogP contribution in [0.3, 0.4) is 0 Å².